The van der Waals surface area contributed by atoms with E-state index in [9.17, 15) is 9.59 Å². The standard InChI is InChI=1S/C13H22N4O4/c1-8(15-12(19)21-13(3,4)5)10-7-14-16-17(10)9(2)11(18)20-6/h7-9H,1-6H3,(H,15,19)/t8-,9-/m0/s1. The summed E-state index contributed by atoms with van der Waals surface area (Å²) < 4.78 is 11.3. The minimum atomic E-state index is -0.629. The average Bonchev–Trinajstić information content (AvgIpc) is 2.83. The first-order valence-corrected chi connectivity index (χ1v) is 6.63. The monoisotopic (exact) mass is 298 g/mol. The summed E-state index contributed by atoms with van der Waals surface area (Å²) in [6.45, 7) is 8.74. The molecule has 8 heteroatoms. The minimum absolute atomic E-state index is 0.415. The van der Waals surface area contributed by atoms with Crippen molar-refractivity contribution in [3.8, 4) is 0 Å². The van der Waals surface area contributed by atoms with Crippen molar-refractivity contribution in [2.24, 2.45) is 0 Å². The summed E-state index contributed by atoms with van der Waals surface area (Å²) in [5, 5.41) is 10.3. The molecule has 0 radical (unpaired) electrons. The van der Waals surface area contributed by atoms with Crippen LogP contribution in [0.5, 0.6) is 0 Å². The summed E-state index contributed by atoms with van der Waals surface area (Å²) in [7, 11) is 1.30. The van der Waals surface area contributed by atoms with Crippen LogP contribution in [0, 0.1) is 0 Å². The summed E-state index contributed by atoms with van der Waals surface area (Å²) >= 11 is 0. The van der Waals surface area contributed by atoms with Crippen LogP contribution in [0.25, 0.3) is 0 Å². The first-order valence-electron chi connectivity index (χ1n) is 6.63. The number of amides is 1. The number of ether oxygens (including phenoxy) is 2. The number of hydrogen-bond donors (Lipinski definition) is 1. The molecule has 0 aromatic carbocycles. The second kappa shape index (κ2) is 6.55. The van der Waals surface area contributed by atoms with Crippen molar-refractivity contribution >= 4 is 12.1 Å². The highest BCUT2D eigenvalue weighted by Gasteiger charge is 2.24. The van der Waals surface area contributed by atoms with Gasteiger partial charge in [0.15, 0.2) is 0 Å². The van der Waals surface area contributed by atoms with Crippen molar-refractivity contribution in [1.29, 1.82) is 0 Å². The van der Waals surface area contributed by atoms with Crippen molar-refractivity contribution in [2.75, 3.05) is 7.11 Å². The van der Waals surface area contributed by atoms with E-state index in [0.29, 0.717) is 5.69 Å². The molecule has 21 heavy (non-hydrogen) atoms. The Hall–Kier alpha value is -2.12. The zero-order valence-corrected chi connectivity index (χ0v) is 13.2. The zero-order valence-electron chi connectivity index (χ0n) is 13.2. The second-order valence-corrected chi connectivity index (χ2v) is 5.67. The molecule has 0 bridgehead atoms. The Labute approximate surface area is 123 Å². The van der Waals surface area contributed by atoms with Gasteiger partial charge in [0.25, 0.3) is 0 Å². The van der Waals surface area contributed by atoms with Gasteiger partial charge < -0.3 is 14.8 Å². The quantitative estimate of drug-likeness (QED) is 0.848. The number of aromatic nitrogens is 3. The van der Waals surface area contributed by atoms with Gasteiger partial charge in [0.2, 0.25) is 0 Å². The maximum absolute atomic E-state index is 11.8. The van der Waals surface area contributed by atoms with Crippen molar-refractivity contribution in [3.05, 3.63) is 11.9 Å². The molecule has 0 aliphatic rings. The molecule has 0 fully saturated rings. The molecule has 0 aliphatic carbocycles. The van der Waals surface area contributed by atoms with E-state index < -0.39 is 29.7 Å². The molecule has 1 amide bonds. The van der Waals surface area contributed by atoms with Gasteiger partial charge in [0.1, 0.15) is 11.6 Å². The fourth-order valence-corrected chi connectivity index (χ4v) is 1.69. The number of hydrogen-bond acceptors (Lipinski definition) is 6. The third-order valence-electron chi connectivity index (χ3n) is 2.69. The molecule has 118 valence electrons. The molecule has 1 N–H and O–H groups in total. The topological polar surface area (TPSA) is 95.3 Å². The maximum Gasteiger partial charge on any atom is 0.408 e. The predicted octanol–water partition coefficient (Wildman–Crippen LogP) is 1.60. The van der Waals surface area contributed by atoms with Gasteiger partial charge in [-0.1, -0.05) is 5.21 Å². The molecule has 8 nitrogen and oxygen atoms in total. The van der Waals surface area contributed by atoms with Crippen LogP contribution in [0.1, 0.15) is 52.4 Å². The zero-order chi connectivity index (χ0) is 16.2. The lowest BCUT2D eigenvalue weighted by Crippen LogP contribution is -2.35. The number of methoxy groups -OCH3 is 1. The van der Waals surface area contributed by atoms with Crippen molar-refractivity contribution in [1.82, 2.24) is 20.3 Å². The summed E-state index contributed by atoms with van der Waals surface area (Å²) in [4.78, 5) is 23.3. The summed E-state index contributed by atoms with van der Waals surface area (Å²) in [6.07, 6.45) is 0.940. The van der Waals surface area contributed by atoms with Gasteiger partial charge in [0, 0.05) is 0 Å². The summed E-state index contributed by atoms with van der Waals surface area (Å²) in [5.41, 5.74) is 0.000444. The molecule has 1 heterocycles. The molecular weight excluding hydrogens is 276 g/mol. The van der Waals surface area contributed by atoms with Crippen molar-refractivity contribution in [2.45, 2.75) is 52.3 Å². The molecule has 0 saturated heterocycles. The van der Waals surface area contributed by atoms with E-state index in [4.69, 9.17) is 4.74 Å². The fourth-order valence-electron chi connectivity index (χ4n) is 1.69. The van der Waals surface area contributed by atoms with Crippen LogP contribution >= 0.6 is 0 Å². The van der Waals surface area contributed by atoms with Crippen molar-refractivity contribution in [3.63, 3.8) is 0 Å². The van der Waals surface area contributed by atoms with Crippen molar-refractivity contribution < 1.29 is 19.1 Å². The molecular formula is C13H22N4O4. The van der Waals surface area contributed by atoms with Gasteiger partial charge in [-0.3, -0.25) is 0 Å². The molecule has 2 atom stereocenters. The first kappa shape index (κ1) is 16.9. The lowest BCUT2D eigenvalue weighted by Gasteiger charge is -2.22. The van der Waals surface area contributed by atoms with Gasteiger partial charge in [-0.05, 0) is 34.6 Å². The highest BCUT2D eigenvalue weighted by molar-refractivity contribution is 5.73. The van der Waals surface area contributed by atoms with Crippen LogP contribution in [-0.2, 0) is 14.3 Å². The average molecular weight is 298 g/mol. The van der Waals surface area contributed by atoms with E-state index in [1.54, 1.807) is 34.6 Å². The lowest BCUT2D eigenvalue weighted by atomic mass is 10.2. The van der Waals surface area contributed by atoms with Crippen LogP contribution < -0.4 is 5.32 Å². The van der Waals surface area contributed by atoms with Gasteiger partial charge in [-0.15, -0.1) is 5.10 Å². The van der Waals surface area contributed by atoms with Crippen LogP contribution in [0.4, 0.5) is 4.79 Å². The summed E-state index contributed by atoms with van der Waals surface area (Å²) in [6, 6.07) is -1.04. The Balaban J connectivity index is 2.80. The fraction of sp³-hybridized carbons (Fsp3) is 0.692. The second-order valence-electron chi connectivity index (χ2n) is 5.67. The number of alkyl carbamates (subject to hydrolysis) is 1. The first-order chi connectivity index (χ1) is 9.65. The number of nitrogens with zero attached hydrogens (tertiary/aromatic N) is 3. The van der Waals surface area contributed by atoms with Crippen LogP contribution in [0.3, 0.4) is 0 Å². The molecule has 1 aromatic rings. The van der Waals surface area contributed by atoms with Gasteiger partial charge >= 0.3 is 12.1 Å². The Bertz CT molecular complexity index is 507. The van der Waals surface area contributed by atoms with E-state index in [0.717, 1.165) is 0 Å². The highest BCUT2D eigenvalue weighted by Crippen LogP contribution is 2.17. The SMILES string of the molecule is COC(=O)[C@H](C)n1nncc1[C@H](C)NC(=O)OC(C)(C)C. The molecule has 1 rings (SSSR count). The Morgan fingerprint density at radius 2 is 1.95 bits per heavy atom. The summed E-state index contributed by atoms with van der Waals surface area (Å²) in [5.74, 6) is -0.439. The maximum atomic E-state index is 11.8. The number of esters is 1. The smallest absolute Gasteiger partial charge is 0.408 e. The molecule has 0 spiro atoms. The van der Waals surface area contributed by atoms with Crippen LogP contribution in [0.2, 0.25) is 0 Å². The number of rotatable bonds is 4. The van der Waals surface area contributed by atoms with E-state index >= 15 is 0 Å². The van der Waals surface area contributed by atoms with Gasteiger partial charge in [-0.25, -0.2) is 14.3 Å². The normalized spacial score (nSPS) is 14.2. The number of carbonyl (C=O) groups excluding carboxylic acids is 2. The Morgan fingerprint density at radius 3 is 2.48 bits per heavy atom. The molecule has 0 unspecified atom stereocenters. The molecule has 1 aromatic heterocycles. The lowest BCUT2D eigenvalue weighted by molar-refractivity contribution is -0.144. The van der Waals surface area contributed by atoms with E-state index in [1.165, 1.54) is 18.0 Å². The van der Waals surface area contributed by atoms with Gasteiger partial charge in [0.05, 0.1) is 25.0 Å². The third-order valence-corrected chi connectivity index (χ3v) is 2.69. The number of nitrogens with one attached hydrogen (secondary N) is 1. The van der Waals surface area contributed by atoms with E-state index in [1.807, 2.05) is 0 Å². The highest BCUT2D eigenvalue weighted by atomic mass is 16.6. The predicted molar refractivity (Wildman–Crippen MR) is 74.5 cm³/mol. The minimum Gasteiger partial charge on any atom is -0.467 e. The molecule has 0 aliphatic heterocycles. The van der Waals surface area contributed by atoms with Crippen LogP contribution in [0.15, 0.2) is 6.20 Å². The largest absolute Gasteiger partial charge is 0.467 e. The Morgan fingerprint density at radius 1 is 1.33 bits per heavy atom. The number of carbonyl (C=O) groups is 2. The van der Waals surface area contributed by atoms with E-state index in [2.05, 4.69) is 20.4 Å². The Kier molecular flexibility index (Phi) is 5.28. The molecule has 0 saturated carbocycles. The third kappa shape index (κ3) is 4.73. The van der Waals surface area contributed by atoms with Crippen LogP contribution in [-0.4, -0.2) is 39.8 Å². The van der Waals surface area contributed by atoms with E-state index in [-0.39, 0.29) is 0 Å². The van der Waals surface area contributed by atoms with Gasteiger partial charge in [-0.2, -0.15) is 0 Å².